The molecule has 0 amide bonds. The first kappa shape index (κ1) is 12.0. The van der Waals surface area contributed by atoms with Crippen molar-refractivity contribution >= 4 is 0 Å². The highest BCUT2D eigenvalue weighted by Crippen LogP contribution is 2.41. The van der Waals surface area contributed by atoms with Crippen LogP contribution >= 0.6 is 0 Å². The van der Waals surface area contributed by atoms with E-state index in [4.69, 9.17) is 11.5 Å². The average molecular weight is 198 g/mol. The Morgan fingerprint density at radius 1 is 0.857 bits per heavy atom. The molecule has 14 heavy (non-hydrogen) atoms. The summed E-state index contributed by atoms with van der Waals surface area (Å²) >= 11 is 0. The quantitative estimate of drug-likeness (QED) is 0.726. The maximum Gasteiger partial charge on any atom is -0.00430 e. The topological polar surface area (TPSA) is 52.0 Å². The zero-order valence-electron chi connectivity index (χ0n) is 9.71. The molecule has 0 aliphatic heterocycles. The number of hydrogen-bond acceptors (Lipinski definition) is 2. The molecule has 1 saturated carbocycles. The van der Waals surface area contributed by atoms with Gasteiger partial charge in [0.2, 0.25) is 0 Å². The summed E-state index contributed by atoms with van der Waals surface area (Å²) in [5.74, 6) is 3.10. The van der Waals surface area contributed by atoms with Gasteiger partial charge in [-0.2, -0.15) is 0 Å². The first-order valence-corrected chi connectivity index (χ1v) is 6.18. The van der Waals surface area contributed by atoms with E-state index in [0.29, 0.717) is 11.8 Å². The summed E-state index contributed by atoms with van der Waals surface area (Å²) < 4.78 is 0. The van der Waals surface area contributed by atoms with Crippen molar-refractivity contribution in [3.63, 3.8) is 0 Å². The second-order valence-corrected chi connectivity index (χ2v) is 4.71. The molecular formula is C12H26N2. The lowest BCUT2D eigenvalue weighted by Crippen LogP contribution is -2.41. The van der Waals surface area contributed by atoms with Gasteiger partial charge in [-0.3, -0.25) is 0 Å². The lowest BCUT2D eigenvalue weighted by molar-refractivity contribution is 0.0920. The molecule has 4 N–H and O–H groups in total. The number of hydrogen-bond donors (Lipinski definition) is 2. The molecule has 0 bridgehead atoms. The molecule has 4 atom stereocenters. The molecule has 1 aliphatic rings. The van der Waals surface area contributed by atoms with Gasteiger partial charge in [-0.15, -0.1) is 0 Å². The molecule has 2 heteroatoms. The zero-order valence-corrected chi connectivity index (χ0v) is 9.71. The Bertz CT molecular complexity index is 140. The minimum absolute atomic E-state index is 0.684. The first-order chi connectivity index (χ1) is 6.78. The summed E-state index contributed by atoms with van der Waals surface area (Å²) in [4.78, 5) is 0. The van der Waals surface area contributed by atoms with E-state index in [1.807, 2.05) is 0 Å². The van der Waals surface area contributed by atoms with E-state index >= 15 is 0 Å². The smallest absolute Gasteiger partial charge is 0.00430 e. The van der Waals surface area contributed by atoms with E-state index in [2.05, 4.69) is 13.8 Å². The maximum atomic E-state index is 5.90. The van der Waals surface area contributed by atoms with Crippen LogP contribution in [0.5, 0.6) is 0 Å². The molecule has 0 radical (unpaired) electrons. The van der Waals surface area contributed by atoms with Gasteiger partial charge in [0.15, 0.2) is 0 Å². The van der Waals surface area contributed by atoms with E-state index in [1.54, 1.807) is 0 Å². The molecule has 1 aliphatic carbocycles. The summed E-state index contributed by atoms with van der Waals surface area (Å²) in [6, 6.07) is 0. The molecule has 4 unspecified atom stereocenters. The van der Waals surface area contributed by atoms with Crippen LogP contribution in [0.3, 0.4) is 0 Å². The predicted molar refractivity (Wildman–Crippen MR) is 61.9 cm³/mol. The third-order valence-corrected chi connectivity index (χ3v) is 4.24. The van der Waals surface area contributed by atoms with Crippen LogP contribution in [-0.2, 0) is 0 Å². The van der Waals surface area contributed by atoms with Gasteiger partial charge in [-0.25, -0.2) is 0 Å². The monoisotopic (exact) mass is 198 g/mol. The second-order valence-electron chi connectivity index (χ2n) is 4.71. The highest BCUT2D eigenvalue weighted by molar-refractivity contribution is 4.87. The van der Waals surface area contributed by atoms with Crippen molar-refractivity contribution in [2.24, 2.45) is 35.1 Å². The van der Waals surface area contributed by atoms with Gasteiger partial charge in [-0.05, 0) is 49.6 Å². The van der Waals surface area contributed by atoms with Crippen molar-refractivity contribution in [3.05, 3.63) is 0 Å². The van der Waals surface area contributed by atoms with Gasteiger partial charge >= 0.3 is 0 Å². The van der Waals surface area contributed by atoms with Crippen LogP contribution in [0.2, 0.25) is 0 Å². The minimum Gasteiger partial charge on any atom is -0.330 e. The zero-order chi connectivity index (χ0) is 10.6. The molecule has 0 aromatic heterocycles. The van der Waals surface area contributed by atoms with Crippen LogP contribution in [0, 0.1) is 23.7 Å². The van der Waals surface area contributed by atoms with Gasteiger partial charge in [0.25, 0.3) is 0 Å². The Morgan fingerprint density at radius 2 is 1.50 bits per heavy atom. The predicted octanol–water partition coefficient (Wildman–Crippen LogP) is 1.98. The SMILES string of the molecule is CCC1CCC(CN)C(CN)C1CC. The van der Waals surface area contributed by atoms with Crippen molar-refractivity contribution < 1.29 is 0 Å². The number of nitrogens with two attached hydrogens (primary N) is 2. The van der Waals surface area contributed by atoms with E-state index < -0.39 is 0 Å². The van der Waals surface area contributed by atoms with E-state index in [-0.39, 0.29) is 0 Å². The van der Waals surface area contributed by atoms with Crippen molar-refractivity contribution in [1.29, 1.82) is 0 Å². The fourth-order valence-electron chi connectivity index (χ4n) is 3.36. The van der Waals surface area contributed by atoms with Crippen LogP contribution in [-0.4, -0.2) is 13.1 Å². The third kappa shape index (κ3) is 2.29. The van der Waals surface area contributed by atoms with Gasteiger partial charge in [0.1, 0.15) is 0 Å². The summed E-state index contributed by atoms with van der Waals surface area (Å²) in [6.07, 6.45) is 5.25. The molecule has 1 rings (SSSR count). The van der Waals surface area contributed by atoms with E-state index in [9.17, 15) is 0 Å². The van der Waals surface area contributed by atoms with Gasteiger partial charge in [0.05, 0.1) is 0 Å². The van der Waals surface area contributed by atoms with Crippen LogP contribution in [0.1, 0.15) is 39.5 Å². The number of rotatable bonds is 4. The van der Waals surface area contributed by atoms with Gasteiger partial charge in [0, 0.05) is 0 Å². The highest BCUT2D eigenvalue weighted by atomic mass is 14.6. The van der Waals surface area contributed by atoms with Crippen LogP contribution < -0.4 is 11.5 Å². The normalized spacial score (nSPS) is 38.6. The van der Waals surface area contributed by atoms with Crippen LogP contribution in [0.15, 0.2) is 0 Å². The maximum absolute atomic E-state index is 5.90. The van der Waals surface area contributed by atoms with Gasteiger partial charge < -0.3 is 11.5 Å². The Balaban J connectivity index is 2.67. The molecule has 0 heterocycles. The van der Waals surface area contributed by atoms with Crippen LogP contribution in [0.25, 0.3) is 0 Å². The molecule has 0 aromatic rings. The lowest BCUT2D eigenvalue weighted by Gasteiger charge is -2.42. The Morgan fingerprint density at radius 3 is 1.93 bits per heavy atom. The Labute approximate surface area is 88.4 Å². The summed E-state index contributed by atoms with van der Waals surface area (Å²) in [6.45, 7) is 6.27. The molecule has 84 valence electrons. The summed E-state index contributed by atoms with van der Waals surface area (Å²) in [7, 11) is 0. The molecule has 2 nitrogen and oxygen atoms in total. The van der Waals surface area contributed by atoms with E-state index in [1.165, 1.54) is 25.7 Å². The lowest BCUT2D eigenvalue weighted by atomic mass is 9.65. The second kappa shape index (κ2) is 5.72. The standard InChI is InChI=1S/C12H26N2/c1-3-9-5-6-10(7-13)12(8-14)11(9)4-2/h9-12H,3-8,13-14H2,1-2H3. The molecule has 0 aromatic carbocycles. The van der Waals surface area contributed by atoms with Crippen molar-refractivity contribution in [3.8, 4) is 0 Å². The first-order valence-electron chi connectivity index (χ1n) is 6.18. The van der Waals surface area contributed by atoms with Crippen molar-refractivity contribution in [2.45, 2.75) is 39.5 Å². The van der Waals surface area contributed by atoms with Crippen LogP contribution in [0.4, 0.5) is 0 Å². The van der Waals surface area contributed by atoms with Gasteiger partial charge in [-0.1, -0.05) is 26.7 Å². The van der Waals surface area contributed by atoms with E-state index in [0.717, 1.165) is 24.9 Å². The highest BCUT2D eigenvalue weighted by Gasteiger charge is 2.35. The van der Waals surface area contributed by atoms with Crippen molar-refractivity contribution in [2.75, 3.05) is 13.1 Å². The molecule has 0 spiro atoms. The third-order valence-electron chi connectivity index (χ3n) is 4.24. The fourth-order valence-corrected chi connectivity index (χ4v) is 3.36. The summed E-state index contributed by atoms with van der Waals surface area (Å²) in [5, 5.41) is 0. The van der Waals surface area contributed by atoms with Crippen molar-refractivity contribution in [1.82, 2.24) is 0 Å². The minimum atomic E-state index is 0.684. The molecular weight excluding hydrogens is 172 g/mol. The largest absolute Gasteiger partial charge is 0.330 e. The summed E-state index contributed by atoms with van der Waals surface area (Å²) in [5.41, 5.74) is 11.7. The molecule has 1 fully saturated rings. The molecule has 0 saturated heterocycles. The fraction of sp³-hybridized carbons (Fsp3) is 1.00. The Hall–Kier alpha value is -0.0800. The Kier molecular flexibility index (Phi) is 4.90. The average Bonchev–Trinajstić information content (AvgIpc) is 2.26.